The summed E-state index contributed by atoms with van der Waals surface area (Å²) in [4.78, 5) is 26.3. The second-order valence-corrected chi connectivity index (χ2v) is 11.8. The number of anilines is 1. The number of ketones is 1. The van der Waals surface area contributed by atoms with Crippen molar-refractivity contribution in [1.29, 1.82) is 0 Å². The van der Waals surface area contributed by atoms with E-state index in [1.54, 1.807) is 30.7 Å². The molecule has 12 heteroatoms. The minimum absolute atomic E-state index is 0.140. The number of halogens is 1. The molecule has 3 heterocycles. The van der Waals surface area contributed by atoms with Gasteiger partial charge in [0, 0.05) is 60.4 Å². The van der Waals surface area contributed by atoms with Crippen LogP contribution in [0.25, 0.3) is 16.7 Å². The number of carbonyl (C=O) groups excluding carboxylic acids is 1. The number of ether oxygens (including phenoxy) is 2. The molecule has 0 bridgehead atoms. The molecule has 0 spiro atoms. The predicted molar refractivity (Wildman–Crippen MR) is 158 cm³/mol. The Morgan fingerprint density at radius 3 is 2.58 bits per heavy atom. The fourth-order valence-electron chi connectivity index (χ4n) is 5.12. The van der Waals surface area contributed by atoms with Crippen LogP contribution in [0.1, 0.15) is 33.6 Å². The van der Waals surface area contributed by atoms with E-state index in [0.717, 1.165) is 5.56 Å². The van der Waals surface area contributed by atoms with Crippen molar-refractivity contribution in [2.45, 2.75) is 25.6 Å². The van der Waals surface area contributed by atoms with Crippen molar-refractivity contribution < 1.29 is 27.1 Å². The SMILES string of the molecule is COc1ncc(-c2cnc3c(c2)C(C(=O)c2cccc(NS(=O)(=O)N4CCC(OCc5ccccc5)C4)c2F)=CC3)cn1. The minimum atomic E-state index is -4.10. The summed E-state index contributed by atoms with van der Waals surface area (Å²) in [5, 5.41) is 0. The fraction of sp³-hybridized carbons (Fsp3) is 0.226. The zero-order valence-corrected chi connectivity index (χ0v) is 24.1. The Kier molecular flexibility index (Phi) is 7.98. The van der Waals surface area contributed by atoms with Crippen molar-refractivity contribution in [1.82, 2.24) is 19.3 Å². The zero-order valence-electron chi connectivity index (χ0n) is 23.2. The van der Waals surface area contributed by atoms with Crippen LogP contribution in [0.5, 0.6) is 6.01 Å². The van der Waals surface area contributed by atoms with Crippen LogP contribution in [0, 0.1) is 5.82 Å². The highest BCUT2D eigenvalue weighted by atomic mass is 32.2. The third-order valence-electron chi connectivity index (χ3n) is 7.41. The van der Waals surface area contributed by atoms with E-state index in [4.69, 9.17) is 9.47 Å². The standard InChI is InChI=1S/C31H28FN5O5S/c1-41-31-34-16-22(17-35-31)21-14-26-24(10-11-27(26)33-15-21)30(38)25-8-5-9-28(29(25)32)36-43(39,40)37-13-12-23(18-37)42-19-20-6-3-2-4-7-20/h2-10,14-17,23,36H,11-13,18-19H2,1H3. The quantitative estimate of drug-likeness (QED) is 0.265. The van der Waals surface area contributed by atoms with Gasteiger partial charge in [-0.2, -0.15) is 12.7 Å². The second-order valence-electron chi connectivity index (χ2n) is 10.2. The highest BCUT2D eigenvalue weighted by Crippen LogP contribution is 2.34. The second kappa shape index (κ2) is 12.0. The van der Waals surface area contributed by atoms with E-state index in [9.17, 15) is 13.2 Å². The maximum Gasteiger partial charge on any atom is 0.316 e. The molecular formula is C31H28FN5O5S. The number of carbonyl (C=O) groups is 1. The van der Waals surface area contributed by atoms with Crippen LogP contribution in [0.15, 0.2) is 79.3 Å². The van der Waals surface area contributed by atoms with Crippen molar-refractivity contribution in [2.24, 2.45) is 0 Å². The number of benzene rings is 2. The summed E-state index contributed by atoms with van der Waals surface area (Å²) in [6, 6.07) is 15.7. The topological polar surface area (TPSA) is 124 Å². The number of hydrogen-bond donors (Lipinski definition) is 1. The van der Waals surface area contributed by atoms with Crippen LogP contribution in [0.4, 0.5) is 10.1 Å². The van der Waals surface area contributed by atoms with E-state index in [1.807, 2.05) is 30.3 Å². The van der Waals surface area contributed by atoms with Gasteiger partial charge in [-0.15, -0.1) is 0 Å². The number of methoxy groups -OCH3 is 1. The van der Waals surface area contributed by atoms with Gasteiger partial charge in [0.2, 0.25) is 0 Å². The lowest BCUT2D eigenvalue weighted by Gasteiger charge is -2.19. The highest BCUT2D eigenvalue weighted by Gasteiger charge is 2.33. The van der Waals surface area contributed by atoms with E-state index in [0.29, 0.717) is 41.8 Å². The average Bonchev–Trinajstić information content (AvgIpc) is 3.69. The molecule has 220 valence electrons. The molecule has 0 saturated carbocycles. The molecule has 2 aliphatic rings. The number of nitrogens with zero attached hydrogens (tertiary/aromatic N) is 4. The first-order valence-electron chi connectivity index (χ1n) is 13.6. The summed E-state index contributed by atoms with van der Waals surface area (Å²) in [6.07, 6.45) is 7.17. The van der Waals surface area contributed by atoms with Crippen LogP contribution in [-0.2, 0) is 28.0 Å². The Bertz CT molecular complexity index is 1800. The molecule has 1 fully saturated rings. The molecule has 1 aliphatic heterocycles. The van der Waals surface area contributed by atoms with Gasteiger partial charge in [-0.3, -0.25) is 14.5 Å². The predicted octanol–water partition coefficient (Wildman–Crippen LogP) is 4.46. The van der Waals surface area contributed by atoms with E-state index < -0.39 is 21.8 Å². The molecular weight excluding hydrogens is 573 g/mol. The number of allylic oxidation sites excluding steroid dienone is 2. The number of rotatable bonds is 10. The number of hydrogen-bond acceptors (Lipinski definition) is 8. The van der Waals surface area contributed by atoms with Crippen LogP contribution >= 0.6 is 0 Å². The van der Waals surface area contributed by atoms with E-state index in [-0.39, 0.29) is 42.0 Å². The highest BCUT2D eigenvalue weighted by molar-refractivity contribution is 7.90. The van der Waals surface area contributed by atoms with Gasteiger partial charge in [0.05, 0.1) is 36.8 Å². The molecule has 1 unspecified atom stereocenters. The first kappa shape index (κ1) is 28.6. The summed E-state index contributed by atoms with van der Waals surface area (Å²) in [5.74, 6) is -1.52. The minimum Gasteiger partial charge on any atom is -0.467 e. The normalized spacial score (nSPS) is 16.5. The van der Waals surface area contributed by atoms with Crippen LogP contribution in [-0.4, -0.2) is 59.8 Å². The molecule has 2 aromatic heterocycles. The first-order valence-corrected chi connectivity index (χ1v) is 15.1. The number of fused-ring (bicyclic) bond motifs is 1. The van der Waals surface area contributed by atoms with Crippen molar-refractivity contribution in [3.8, 4) is 17.1 Å². The summed E-state index contributed by atoms with van der Waals surface area (Å²) < 4.78 is 56.5. The molecule has 0 radical (unpaired) electrons. The number of nitrogens with one attached hydrogen (secondary N) is 1. The molecule has 1 aliphatic carbocycles. The molecule has 10 nitrogen and oxygen atoms in total. The molecule has 4 aromatic rings. The number of aromatic nitrogens is 3. The van der Waals surface area contributed by atoms with Gasteiger partial charge in [0.1, 0.15) is 0 Å². The number of pyridine rings is 1. The van der Waals surface area contributed by atoms with E-state index >= 15 is 4.39 Å². The maximum absolute atomic E-state index is 15.7. The molecule has 6 rings (SSSR count). The van der Waals surface area contributed by atoms with Gasteiger partial charge in [-0.05, 0) is 30.2 Å². The van der Waals surface area contributed by atoms with Crippen molar-refractivity contribution in [3.05, 3.63) is 107 Å². The number of Topliss-reactive ketones (excluding diaryl/α,β-unsaturated/α-hetero) is 1. The summed E-state index contributed by atoms with van der Waals surface area (Å²) >= 11 is 0. The molecule has 0 amide bonds. The molecule has 1 N–H and O–H groups in total. The lowest BCUT2D eigenvalue weighted by Crippen LogP contribution is -2.35. The van der Waals surface area contributed by atoms with Crippen molar-refractivity contribution >= 4 is 27.3 Å². The first-order chi connectivity index (χ1) is 20.8. The third-order valence-corrected chi connectivity index (χ3v) is 8.90. The van der Waals surface area contributed by atoms with Gasteiger partial charge in [0.25, 0.3) is 0 Å². The van der Waals surface area contributed by atoms with Crippen molar-refractivity contribution in [2.75, 3.05) is 24.9 Å². The molecule has 1 atom stereocenters. The van der Waals surface area contributed by atoms with E-state index in [1.165, 1.54) is 29.6 Å². The Hall–Kier alpha value is -4.52. The van der Waals surface area contributed by atoms with Crippen molar-refractivity contribution in [3.63, 3.8) is 0 Å². The molecule has 43 heavy (non-hydrogen) atoms. The molecule has 1 saturated heterocycles. The lowest BCUT2D eigenvalue weighted by molar-refractivity contribution is 0.0509. The van der Waals surface area contributed by atoms with Crippen LogP contribution in [0.3, 0.4) is 0 Å². The third kappa shape index (κ3) is 6.03. The maximum atomic E-state index is 15.7. The largest absolute Gasteiger partial charge is 0.467 e. The summed E-state index contributed by atoms with van der Waals surface area (Å²) in [6.45, 7) is 0.739. The van der Waals surface area contributed by atoms with Gasteiger partial charge in [-0.25, -0.2) is 14.4 Å². The Labute approximate surface area is 248 Å². The smallest absolute Gasteiger partial charge is 0.316 e. The van der Waals surface area contributed by atoms with Gasteiger partial charge >= 0.3 is 16.2 Å². The summed E-state index contributed by atoms with van der Waals surface area (Å²) in [7, 11) is -2.63. The Morgan fingerprint density at radius 2 is 1.81 bits per heavy atom. The zero-order chi connectivity index (χ0) is 30.0. The van der Waals surface area contributed by atoms with Gasteiger partial charge in [0.15, 0.2) is 11.6 Å². The van der Waals surface area contributed by atoms with Crippen LogP contribution in [0.2, 0.25) is 0 Å². The monoisotopic (exact) mass is 601 g/mol. The Balaban J connectivity index is 1.16. The summed E-state index contributed by atoms with van der Waals surface area (Å²) in [5.41, 5.74) is 3.33. The Morgan fingerprint density at radius 1 is 1.05 bits per heavy atom. The van der Waals surface area contributed by atoms with Gasteiger partial charge in [-0.1, -0.05) is 42.5 Å². The van der Waals surface area contributed by atoms with Gasteiger partial charge < -0.3 is 9.47 Å². The fourth-order valence-corrected chi connectivity index (χ4v) is 6.39. The average molecular weight is 602 g/mol. The lowest BCUT2D eigenvalue weighted by atomic mass is 9.97. The molecule has 2 aromatic carbocycles. The van der Waals surface area contributed by atoms with Crippen LogP contribution < -0.4 is 9.46 Å². The van der Waals surface area contributed by atoms with E-state index in [2.05, 4.69) is 19.7 Å².